The number of carbonyl (C=O) groups is 3. The van der Waals surface area contributed by atoms with Crippen molar-refractivity contribution in [1.29, 1.82) is 0 Å². The minimum Gasteiger partial charge on any atom is -0.450 e. The first-order valence-electron chi connectivity index (χ1n) is 10.4. The molecule has 1 aromatic carbocycles. The molecular formula is C24H25N3O4. The van der Waals surface area contributed by atoms with Crippen molar-refractivity contribution in [2.24, 2.45) is 0 Å². The number of hydrogen-bond donors (Lipinski definition) is 1. The highest BCUT2D eigenvalue weighted by molar-refractivity contribution is 6.12. The van der Waals surface area contributed by atoms with Gasteiger partial charge < -0.3 is 15.0 Å². The molecule has 2 aliphatic heterocycles. The molecule has 4 rings (SSSR count). The summed E-state index contributed by atoms with van der Waals surface area (Å²) >= 11 is 0. The van der Waals surface area contributed by atoms with Crippen molar-refractivity contribution in [2.75, 3.05) is 18.4 Å². The highest BCUT2D eigenvalue weighted by atomic mass is 16.6. The number of esters is 1. The van der Waals surface area contributed by atoms with Gasteiger partial charge in [0.05, 0.1) is 5.57 Å². The zero-order chi connectivity index (χ0) is 22.0. The second-order valence-electron chi connectivity index (χ2n) is 8.07. The molecule has 160 valence electrons. The molecule has 0 radical (unpaired) electrons. The van der Waals surface area contributed by atoms with E-state index in [1.807, 2.05) is 36.4 Å². The molecule has 1 saturated heterocycles. The highest BCUT2D eigenvalue weighted by Crippen LogP contribution is 2.41. The van der Waals surface area contributed by atoms with Gasteiger partial charge >= 0.3 is 5.97 Å². The van der Waals surface area contributed by atoms with Crippen LogP contribution in [0.2, 0.25) is 0 Å². The summed E-state index contributed by atoms with van der Waals surface area (Å²) in [4.78, 5) is 42.8. The number of nitrogens with one attached hydrogen (secondary N) is 1. The number of aromatic nitrogens is 1. The third kappa shape index (κ3) is 4.21. The van der Waals surface area contributed by atoms with Gasteiger partial charge in [-0.25, -0.2) is 4.79 Å². The molecule has 2 aromatic rings. The van der Waals surface area contributed by atoms with Crippen molar-refractivity contribution >= 4 is 23.5 Å². The third-order valence-electron chi connectivity index (χ3n) is 6.04. The third-order valence-corrected chi connectivity index (χ3v) is 6.04. The lowest BCUT2D eigenvalue weighted by atomic mass is 9.82. The Kier molecular flexibility index (Phi) is 5.59. The maximum Gasteiger partial charge on any atom is 0.335 e. The van der Waals surface area contributed by atoms with E-state index in [0.717, 1.165) is 17.5 Å². The number of ether oxygens (including phenoxy) is 1. The van der Waals surface area contributed by atoms with Crippen molar-refractivity contribution in [3.63, 3.8) is 0 Å². The summed E-state index contributed by atoms with van der Waals surface area (Å²) in [7, 11) is 0. The Labute approximate surface area is 181 Å². The van der Waals surface area contributed by atoms with Crippen LogP contribution in [0.5, 0.6) is 0 Å². The van der Waals surface area contributed by atoms with Gasteiger partial charge in [-0.2, -0.15) is 0 Å². The molecule has 2 aliphatic rings. The number of nitrogens with zero attached hydrogens (tertiary/aromatic N) is 2. The van der Waals surface area contributed by atoms with Crippen LogP contribution in [0.25, 0.3) is 0 Å². The lowest BCUT2D eigenvalue weighted by Gasteiger charge is -2.39. The van der Waals surface area contributed by atoms with E-state index < -0.39 is 11.6 Å². The number of piperidine rings is 1. The largest absolute Gasteiger partial charge is 0.450 e. The summed E-state index contributed by atoms with van der Waals surface area (Å²) in [5.74, 6) is -0.812. The van der Waals surface area contributed by atoms with Crippen molar-refractivity contribution in [3.05, 3.63) is 71.1 Å². The number of hydrogen-bond acceptors (Lipinski definition) is 5. The Bertz CT molecular complexity index is 1040. The SMILES string of the molecule is CC(=O)N1CCC2(CC1)OC(=O)C(C)=C2C(=O)Nc1ccc(Cc2ccncc2)cc1. The number of rotatable bonds is 4. The van der Waals surface area contributed by atoms with E-state index in [2.05, 4.69) is 10.3 Å². The first kappa shape index (κ1) is 20.8. The van der Waals surface area contributed by atoms with Gasteiger partial charge in [0.1, 0.15) is 5.60 Å². The zero-order valence-corrected chi connectivity index (χ0v) is 17.7. The van der Waals surface area contributed by atoms with Gasteiger partial charge in [-0.15, -0.1) is 0 Å². The van der Waals surface area contributed by atoms with E-state index in [0.29, 0.717) is 42.8 Å². The quantitative estimate of drug-likeness (QED) is 0.770. The van der Waals surface area contributed by atoms with Crippen LogP contribution in [0.4, 0.5) is 5.69 Å². The smallest absolute Gasteiger partial charge is 0.335 e. The fraction of sp³-hybridized carbons (Fsp3) is 0.333. The van der Waals surface area contributed by atoms with Crippen molar-refractivity contribution in [3.8, 4) is 0 Å². The molecule has 1 fully saturated rings. The highest BCUT2D eigenvalue weighted by Gasteiger charge is 2.51. The first-order chi connectivity index (χ1) is 14.9. The Hall–Kier alpha value is -3.48. The maximum atomic E-state index is 13.1. The van der Waals surface area contributed by atoms with E-state index in [1.54, 1.807) is 24.2 Å². The van der Waals surface area contributed by atoms with Crippen LogP contribution in [-0.4, -0.2) is 46.4 Å². The van der Waals surface area contributed by atoms with Gasteiger partial charge in [-0.3, -0.25) is 14.6 Å². The number of carbonyl (C=O) groups excluding carboxylic acids is 3. The fourth-order valence-electron chi connectivity index (χ4n) is 4.30. The molecule has 0 atom stereocenters. The van der Waals surface area contributed by atoms with E-state index in [4.69, 9.17) is 4.74 Å². The summed E-state index contributed by atoms with van der Waals surface area (Å²) < 4.78 is 5.67. The van der Waals surface area contributed by atoms with Crippen LogP contribution in [-0.2, 0) is 25.5 Å². The molecule has 7 nitrogen and oxygen atoms in total. The average Bonchev–Trinajstić information content (AvgIpc) is 3.00. The Balaban J connectivity index is 1.48. The number of pyridine rings is 1. The van der Waals surface area contributed by atoms with Gasteiger partial charge in [0.15, 0.2) is 0 Å². The fourth-order valence-corrected chi connectivity index (χ4v) is 4.30. The zero-order valence-electron chi connectivity index (χ0n) is 17.7. The van der Waals surface area contributed by atoms with Crippen LogP contribution in [0.3, 0.4) is 0 Å². The van der Waals surface area contributed by atoms with E-state index in [9.17, 15) is 14.4 Å². The summed E-state index contributed by atoms with van der Waals surface area (Å²) in [5.41, 5.74) is 2.68. The molecule has 1 spiro atoms. The maximum absolute atomic E-state index is 13.1. The predicted octanol–water partition coefficient (Wildman–Crippen LogP) is 2.87. The van der Waals surface area contributed by atoms with Gasteiger partial charge in [0, 0.05) is 56.5 Å². The number of likely N-dealkylation sites (tertiary alicyclic amines) is 1. The molecule has 0 saturated carbocycles. The monoisotopic (exact) mass is 419 g/mol. The van der Waals surface area contributed by atoms with Gasteiger partial charge in [-0.05, 0) is 48.7 Å². The summed E-state index contributed by atoms with van der Waals surface area (Å²) in [6, 6.07) is 11.6. The van der Waals surface area contributed by atoms with Crippen molar-refractivity contribution < 1.29 is 19.1 Å². The summed E-state index contributed by atoms with van der Waals surface area (Å²) in [6.07, 6.45) is 5.15. The van der Waals surface area contributed by atoms with Gasteiger partial charge in [0.2, 0.25) is 5.91 Å². The Morgan fingerprint density at radius 1 is 1.06 bits per heavy atom. The van der Waals surface area contributed by atoms with Crippen LogP contribution in [0.15, 0.2) is 59.9 Å². The molecule has 1 aromatic heterocycles. The average molecular weight is 419 g/mol. The molecule has 3 heterocycles. The van der Waals surface area contributed by atoms with E-state index in [-0.39, 0.29) is 11.8 Å². The molecule has 2 amide bonds. The molecule has 7 heteroatoms. The van der Waals surface area contributed by atoms with E-state index >= 15 is 0 Å². The molecule has 0 unspecified atom stereocenters. The Morgan fingerprint density at radius 3 is 2.29 bits per heavy atom. The molecular weight excluding hydrogens is 394 g/mol. The minimum atomic E-state index is -0.960. The number of benzene rings is 1. The van der Waals surface area contributed by atoms with Crippen molar-refractivity contribution in [2.45, 2.75) is 38.7 Å². The summed E-state index contributed by atoms with van der Waals surface area (Å²) in [6.45, 7) is 4.06. The topological polar surface area (TPSA) is 88.6 Å². The number of anilines is 1. The second kappa shape index (κ2) is 8.34. The minimum absolute atomic E-state index is 0.0160. The van der Waals surface area contributed by atoms with Crippen LogP contribution in [0, 0.1) is 0 Å². The molecule has 1 N–H and O–H groups in total. The molecule has 0 bridgehead atoms. The standard InChI is InChI=1S/C24H25N3O4/c1-16-21(24(31-23(16)30)9-13-27(14-10-24)17(2)28)22(29)26-20-5-3-18(4-6-20)15-19-7-11-25-12-8-19/h3-8,11-12H,9-10,13-15H2,1-2H3,(H,26,29). The summed E-state index contributed by atoms with van der Waals surface area (Å²) in [5, 5.41) is 2.91. The van der Waals surface area contributed by atoms with E-state index in [1.165, 1.54) is 6.92 Å². The van der Waals surface area contributed by atoms with Crippen LogP contribution < -0.4 is 5.32 Å². The Morgan fingerprint density at radius 2 is 1.68 bits per heavy atom. The second-order valence-corrected chi connectivity index (χ2v) is 8.07. The lowest BCUT2D eigenvalue weighted by molar-refractivity contribution is -0.152. The molecule has 0 aliphatic carbocycles. The first-order valence-corrected chi connectivity index (χ1v) is 10.4. The molecule has 31 heavy (non-hydrogen) atoms. The van der Waals surface area contributed by atoms with Gasteiger partial charge in [-0.1, -0.05) is 12.1 Å². The lowest BCUT2D eigenvalue weighted by Crippen LogP contribution is -2.49. The van der Waals surface area contributed by atoms with Crippen LogP contribution in [0.1, 0.15) is 37.8 Å². The predicted molar refractivity (Wildman–Crippen MR) is 115 cm³/mol. The number of amides is 2. The van der Waals surface area contributed by atoms with Crippen LogP contribution >= 0.6 is 0 Å². The van der Waals surface area contributed by atoms with Crippen molar-refractivity contribution in [1.82, 2.24) is 9.88 Å². The van der Waals surface area contributed by atoms with Gasteiger partial charge in [0.25, 0.3) is 5.91 Å². The normalized spacial score (nSPS) is 17.6.